The topological polar surface area (TPSA) is 58.4 Å². The molecule has 6 nitrogen and oxygen atoms in total. The molecule has 3 rings (SSSR count). The van der Waals surface area contributed by atoms with Crippen molar-refractivity contribution in [3.63, 3.8) is 0 Å². The standard InChI is InChI=1S/C18H28N4O2/c1-13(2)17-19-8-11-22(17)15-6-4-9-20(12-15)18(24)16-7-5-10-21(16)14(3)23/h8,11,13,15-16H,4-7,9-10,12H2,1-3H3/t15-,16-/m0/s1. The Balaban J connectivity index is 1.72. The van der Waals surface area contributed by atoms with Crippen LogP contribution in [0.15, 0.2) is 12.4 Å². The third kappa shape index (κ3) is 3.19. The van der Waals surface area contributed by atoms with Crippen LogP contribution >= 0.6 is 0 Å². The number of hydrogen-bond donors (Lipinski definition) is 0. The van der Waals surface area contributed by atoms with Gasteiger partial charge in [-0.2, -0.15) is 0 Å². The Bertz CT molecular complexity index is 610. The highest BCUT2D eigenvalue weighted by molar-refractivity contribution is 5.87. The first-order valence-corrected chi connectivity index (χ1v) is 9.07. The summed E-state index contributed by atoms with van der Waals surface area (Å²) in [5.41, 5.74) is 0. The van der Waals surface area contributed by atoms with Crippen molar-refractivity contribution in [3.05, 3.63) is 18.2 Å². The first-order valence-electron chi connectivity index (χ1n) is 9.07. The van der Waals surface area contributed by atoms with Crippen molar-refractivity contribution in [3.8, 4) is 0 Å². The van der Waals surface area contributed by atoms with Crippen LogP contribution < -0.4 is 0 Å². The zero-order valence-corrected chi connectivity index (χ0v) is 14.9. The lowest BCUT2D eigenvalue weighted by Gasteiger charge is -2.37. The summed E-state index contributed by atoms with van der Waals surface area (Å²) >= 11 is 0. The van der Waals surface area contributed by atoms with Gasteiger partial charge in [-0.3, -0.25) is 9.59 Å². The van der Waals surface area contributed by atoms with Crippen molar-refractivity contribution in [2.75, 3.05) is 19.6 Å². The number of piperidine rings is 1. The summed E-state index contributed by atoms with van der Waals surface area (Å²) in [5.74, 6) is 1.59. The van der Waals surface area contributed by atoms with E-state index in [1.165, 1.54) is 0 Å². The van der Waals surface area contributed by atoms with Gasteiger partial charge < -0.3 is 14.4 Å². The molecule has 24 heavy (non-hydrogen) atoms. The summed E-state index contributed by atoms with van der Waals surface area (Å²) < 4.78 is 2.24. The van der Waals surface area contributed by atoms with Crippen LogP contribution in [0.5, 0.6) is 0 Å². The number of amides is 2. The van der Waals surface area contributed by atoms with E-state index in [1.54, 1.807) is 11.8 Å². The Labute approximate surface area is 143 Å². The number of likely N-dealkylation sites (tertiary alicyclic amines) is 2. The zero-order valence-electron chi connectivity index (χ0n) is 14.9. The predicted molar refractivity (Wildman–Crippen MR) is 91.6 cm³/mol. The van der Waals surface area contributed by atoms with Crippen LogP contribution in [0.4, 0.5) is 0 Å². The summed E-state index contributed by atoms with van der Waals surface area (Å²) in [5, 5.41) is 0. The van der Waals surface area contributed by atoms with Crippen molar-refractivity contribution < 1.29 is 9.59 Å². The number of carbonyl (C=O) groups excluding carboxylic acids is 2. The first-order chi connectivity index (χ1) is 11.5. The van der Waals surface area contributed by atoms with Crippen molar-refractivity contribution in [1.82, 2.24) is 19.4 Å². The molecule has 1 aromatic heterocycles. The van der Waals surface area contributed by atoms with Crippen LogP contribution in [0.3, 0.4) is 0 Å². The maximum Gasteiger partial charge on any atom is 0.245 e. The second kappa shape index (κ2) is 6.95. The van der Waals surface area contributed by atoms with Crippen LogP contribution in [0.2, 0.25) is 0 Å². The fraction of sp³-hybridized carbons (Fsp3) is 0.722. The summed E-state index contributed by atoms with van der Waals surface area (Å²) in [6.07, 6.45) is 7.67. The molecule has 0 bridgehead atoms. The van der Waals surface area contributed by atoms with Crippen LogP contribution in [-0.4, -0.2) is 56.8 Å². The largest absolute Gasteiger partial charge is 0.339 e. The molecule has 2 amide bonds. The molecule has 2 aliphatic heterocycles. The highest BCUT2D eigenvalue weighted by Gasteiger charge is 2.37. The first kappa shape index (κ1) is 17.0. The quantitative estimate of drug-likeness (QED) is 0.852. The van der Waals surface area contributed by atoms with E-state index in [0.717, 1.165) is 44.6 Å². The smallest absolute Gasteiger partial charge is 0.245 e. The fourth-order valence-electron chi connectivity index (χ4n) is 4.07. The van der Waals surface area contributed by atoms with Crippen LogP contribution in [0, 0.1) is 0 Å². The van der Waals surface area contributed by atoms with Gasteiger partial charge in [0.15, 0.2) is 0 Å². The van der Waals surface area contributed by atoms with Crippen molar-refractivity contribution >= 4 is 11.8 Å². The zero-order chi connectivity index (χ0) is 17.3. The van der Waals surface area contributed by atoms with Gasteiger partial charge in [0, 0.05) is 44.9 Å². The maximum absolute atomic E-state index is 13.0. The Hall–Kier alpha value is -1.85. The molecule has 2 atom stereocenters. The number of aromatic nitrogens is 2. The van der Waals surface area contributed by atoms with Gasteiger partial charge in [0.2, 0.25) is 11.8 Å². The van der Waals surface area contributed by atoms with E-state index in [1.807, 2.05) is 17.3 Å². The van der Waals surface area contributed by atoms with E-state index in [2.05, 4.69) is 23.4 Å². The van der Waals surface area contributed by atoms with Crippen LogP contribution in [0.25, 0.3) is 0 Å². The number of imidazole rings is 1. The number of carbonyl (C=O) groups is 2. The molecule has 2 fully saturated rings. The minimum Gasteiger partial charge on any atom is -0.339 e. The van der Waals surface area contributed by atoms with Gasteiger partial charge in [-0.05, 0) is 25.7 Å². The van der Waals surface area contributed by atoms with E-state index in [0.29, 0.717) is 12.5 Å². The minimum atomic E-state index is -0.256. The Morgan fingerprint density at radius 1 is 1.21 bits per heavy atom. The molecule has 0 N–H and O–H groups in total. The highest BCUT2D eigenvalue weighted by Crippen LogP contribution is 2.28. The molecule has 1 aromatic rings. The number of rotatable bonds is 3. The Morgan fingerprint density at radius 2 is 1.96 bits per heavy atom. The second-order valence-electron chi connectivity index (χ2n) is 7.30. The SMILES string of the molecule is CC(=O)N1CCC[C@H]1C(=O)N1CCC[C@H](n2ccnc2C(C)C)C1. The van der Waals surface area contributed by atoms with E-state index < -0.39 is 0 Å². The lowest BCUT2D eigenvalue weighted by molar-refractivity contribution is -0.144. The van der Waals surface area contributed by atoms with Gasteiger partial charge in [-0.25, -0.2) is 4.98 Å². The molecule has 2 aliphatic rings. The molecular formula is C18H28N4O2. The molecule has 0 saturated carbocycles. The summed E-state index contributed by atoms with van der Waals surface area (Å²) in [6, 6.07) is 0.0309. The van der Waals surface area contributed by atoms with Gasteiger partial charge in [0.1, 0.15) is 11.9 Å². The van der Waals surface area contributed by atoms with Gasteiger partial charge >= 0.3 is 0 Å². The Kier molecular flexibility index (Phi) is 4.92. The average molecular weight is 332 g/mol. The summed E-state index contributed by atoms with van der Waals surface area (Å²) in [7, 11) is 0. The van der Waals surface area contributed by atoms with Crippen molar-refractivity contribution in [2.24, 2.45) is 0 Å². The fourth-order valence-corrected chi connectivity index (χ4v) is 4.07. The average Bonchev–Trinajstić information content (AvgIpc) is 3.23. The monoisotopic (exact) mass is 332 g/mol. The molecule has 132 valence electrons. The van der Waals surface area contributed by atoms with E-state index in [4.69, 9.17) is 0 Å². The minimum absolute atomic E-state index is 0.0103. The molecule has 0 aromatic carbocycles. The second-order valence-corrected chi connectivity index (χ2v) is 7.30. The molecule has 0 unspecified atom stereocenters. The van der Waals surface area contributed by atoms with Gasteiger partial charge in [0.25, 0.3) is 0 Å². The maximum atomic E-state index is 13.0. The van der Waals surface area contributed by atoms with Crippen molar-refractivity contribution in [1.29, 1.82) is 0 Å². The molecule has 0 aliphatic carbocycles. The lowest BCUT2D eigenvalue weighted by Crippen LogP contribution is -2.50. The summed E-state index contributed by atoms with van der Waals surface area (Å²) in [6.45, 7) is 8.08. The molecule has 0 spiro atoms. The normalized spacial score (nSPS) is 24.7. The predicted octanol–water partition coefficient (Wildman–Crippen LogP) is 2.18. The third-order valence-electron chi connectivity index (χ3n) is 5.26. The lowest BCUT2D eigenvalue weighted by atomic mass is 10.0. The summed E-state index contributed by atoms with van der Waals surface area (Å²) in [4.78, 5) is 32.9. The van der Waals surface area contributed by atoms with Crippen LogP contribution in [-0.2, 0) is 9.59 Å². The number of hydrogen-bond acceptors (Lipinski definition) is 3. The van der Waals surface area contributed by atoms with Gasteiger partial charge in [-0.1, -0.05) is 13.8 Å². The van der Waals surface area contributed by atoms with E-state index in [9.17, 15) is 9.59 Å². The molecule has 3 heterocycles. The third-order valence-corrected chi connectivity index (χ3v) is 5.26. The van der Waals surface area contributed by atoms with E-state index in [-0.39, 0.29) is 23.9 Å². The molecule has 6 heteroatoms. The highest BCUT2D eigenvalue weighted by atomic mass is 16.2. The Morgan fingerprint density at radius 3 is 2.67 bits per heavy atom. The molecule has 2 saturated heterocycles. The molecule has 0 radical (unpaired) electrons. The van der Waals surface area contributed by atoms with Gasteiger partial charge in [0.05, 0.1) is 6.04 Å². The van der Waals surface area contributed by atoms with E-state index >= 15 is 0 Å². The number of nitrogens with zero attached hydrogens (tertiary/aromatic N) is 4. The van der Waals surface area contributed by atoms with Gasteiger partial charge in [-0.15, -0.1) is 0 Å². The van der Waals surface area contributed by atoms with Crippen LogP contribution in [0.1, 0.15) is 64.2 Å². The molecular weight excluding hydrogens is 304 g/mol. The van der Waals surface area contributed by atoms with Crippen molar-refractivity contribution in [2.45, 2.75) is 64.5 Å².